The van der Waals surface area contributed by atoms with Gasteiger partial charge in [0.05, 0.1) is 24.3 Å². The maximum absolute atomic E-state index is 13.8. The zero-order valence-corrected chi connectivity index (χ0v) is 24.9. The number of para-hydroxylation sites is 1. The van der Waals surface area contributed by atoms with Gasteiger partial charge in [0.2, 0.25) is 0 Å². The van der Waals surface area contributed by atoms with Crippen molar-refractivity contribution in [2.45, 2.75) is 65.1 Å². The van der Waals surface area contributed by atoms with Gasteiger partial charge in [-0.2, -0.15) is 0 Å². The van der Waals surface area contributed by atoms with Crippen molar-refractivity contribution in [2.24, 2.45) is 0 Å². The van der Waals surface area contributed by atoms with Crippen molar-refractivity contribution >= 4 is 22.9 Å². The Morgan fingerprint density at radius 3 is 2.46 bits per heavy atom. The number of rotatable bonds is 7. The zero-order valence-electron chi connectivity index (χ0n) is 24.9. The van der Waals surface area contributed by atoms with E-state index in [0.717, 1.165) is 87.4 Å². The summed E-state index contributed by atoms with van der Waals surface area (Å²) in [6.45, 7) is 14.9. The van der Waals surface area contributed by atoms with Gasteiger partial charge < -0.3 is 24.3 Å². The summed E-state index contributed by atoms with van der Waals surface area (Å²) in [4.78, 5) is 30.3. The second-order valence-corrected chi connectivity index (χ2v) is 12.3. The van der Waals surface area contributed by atoms with Crippen molar-refractivity contribution in [3.8, 4) is 0 Å². The number of piperidine rings is 1. The number of nitrogens with one attached hydrogen (secondary N) is 1. The number of carbonyl (C=O) groups excluding carboxylic acids is 2. The Labute approximate surface area is 243 Å². The monoisotopic (exact) mass is 560 g/mol. The molecule has 2 amide bonds. The van der Waals surface area contributed by atoms with E-state index >= 15 is 0 Å². The van der Waals surface area contributed by atoms with Gasteiger partial charge in [-0.05, 0) is 63.1 Å². The summed E-state index contributed by atoms with van der Waals surface area (Å²) >= 11 is 0. The van der Waals surface area contributed by atoms with Crippen molar-refractivity contribution in [1.82, 2.24) is 19.7 Å². The maximum atomic E-state index is 13.8. The van der Waals surface area contributed by atoms with Gasteiger partial charge in [-0.1, -0.05) is 42.5 Å². The number of aromatic nitrogens is 1. The lowest BCUT2D eigenvalue weighted by Crippen LogP contribution is -2.38. The van der Waals surface area contributed by atoms with Crippen LogP contribution in [0.5, 0.6) is 0 Å². The quantitative estimate of drug-likeness (QED) is 0.423. The number of likely N-dealkylation sites (tertiary alicyclic amines) is 1. The average molecular weight is 561 g/mol. The molecule has 1 N–H and O–H groups in total. The van der Waals surface area contributed by atoms with Crippen LogP contribution in [0.25, 0.3) is 10.9 Å². The second-order valence-electron chi connectivity index (χ2n) is 12.3. The van der Waals surface area contributed by atoms with Crippen molar-refractivity contribution in [1.29, 1.82) is 0 Å². The van der Waals surface area contributed by atoms with E-state index < -0.39 is 11.7 Å². The summed E-state index contributed by atoms with van der Waals surface area (Å²) in [5, 5.41) is 3.90. The van der Waals surface area contributed by atoms with Crippen LogP contribution >= 0.6 is 0 Å². The predicted octanol–water partition coefficient (Wildman–Crippen LogP) is 5.33. The fourth-order valence-corrected chi connectivity index (χ4v) is 6.00. The third-order valence-electron chi connectivity index (χ3n) is 8.13. The molecule has 0 unspecified atom stereocenters. The molecule has 0 atom stereocenters. The maximum Gasteiger partial charge on any atom is 0.407 e. The first-order valence-corrected chi connectivity index (χ1v) is 14.9. The number of carbonyl (C=O) groups is 2. The van der Waals surface area contributed by atoms with Gasteiger partial charge in [-0.25, -0.2) is 4.79 Å². The predicted molar refractivity (Wildman–Crippen MR) is 161 cm³/mol. The number of ether oxygens (including phenoxy) is 2. The average Bonchev–Trinajstić information content (AvgIpc) is 3.34. The molecular formula is C33H44N4O4. The summed E-state index contributed by atoms with van der Waals surface area (Å²) in [6, 6.07) is 14.7. The smallest absolute Gasteiger partial charge is 0.407 e. The summed E-state index contributed by atoms with van der Waals surface area (Å²) in [5.41, 5.74) is 4.95. The second kappa shape index (κ2) is 12.7. The van der Waals surface area contributed by atoms with Crippen molar-refractivity contribution in [3.05, 3.63) is 70.9 Å². The number of amides is 2. The van der Waals surface area contributed by atoms with Gasteiger partial charge in [-0.3, -0.25) is 9.69 Å². The van der Waals surface area contributed by atoms with Gasteiger partial charge in [0.25, 0.3) is 5.91 Å². The molecule has 220 valence electrons. The van der Waals surface area contributed by atoms with Gasteiger partial charge in [0, 0.05) is 57.4 Å². The molecule has 2 aliphatic rings. The molecule has 5 rings (SSSR count). The summed E-state index contributed by atoms with van der Waals surface area (Å²) in [6.07, 6.45) is 3.51. The number of fused-ring (bicyclic) bond motifs is 1. The molecule has 0 radical (unpaired) electrons. The van der Waals surface area contributed by atoms with E-state index in [-0.39, 0.29) is 5.91 Å². The van der Waals surface area contributed by atoms with E-state index in [0.29, 0.717) is 12.5 Å². The van der Waals surface area contributed by atoms with Crippen LogP contribution in [0.1, 0.15) is 66.6 Å². The Morgan fingerprint density at radius 1 is 1.00 bits per heavy atom. The minimum absolute atomic E-state index is 0.125. The fourth-order valence-electron chi connectivity index (χ4n) is 6.00. The number of hydrogen-bond donors (Lipinski definition) is 1. The Kier molecular flexibility index (Phi) is 9.00. The van der Waals surface area contributed by atoms with Crippen LogP contribution < -0.4 is 5.32 Å². The molecule has 0 saturated carbocycles. The number of aryl methyl sites for hydroxylation is 1. The molecule has 8 heteroatoms. The number of morpholine rings is 1. The van der Waals surface area contributed by atoms with E-state index in [1.54, 1.807) is 0 Å². The molecule has 2 saturated heterocycles. The molecule has 2 aliphatic heterocycles. The van der Waals surface area contributed by atoms with E-state index in [1.165, 1.54) is 11.1 Å². The Balaban J connectivity index is 1.22. The summed E-state index contributed by atoms with van der Waals surface area (Å²) in [7, 11) is 0. The van der Waals surface area contributed by atoms with Crippen LogP contribution in [0.15, 0.2) is 48.7 Å². The van der Waals surface area contributed by atoms with E-state index in [1.807, 2.05) is 37.8 Å². The van der Waals surface area contributed by atoms with Crippen LogP contribution in [0.3, 0.4) is 0 Å². The fraction of sp³-hybridized carbons (Fsp3) is 0.515. The molecule has 3 heterocycles. The molecule has 1 aromatic heterocycles. The van der Waals surface area contributed by atoms with Gasteiger partial charge >= 0.3 is 6.09 Å². The lowest BCUT2D eigenvalue weighted by atomic mass is 9.88. The van der Waals surface area contributed by atoms with Crippen molar-refractivity contribution in [2.75, 3.05) is 45.9 Å². The molecule has 2 fully saturated rings. The lowest BCUT2D eigenvalue weighted by Gasteiger charge is -2.32. The zero-order chi connectivity index (χ0) is 29.0. The molecule has 0 bridgehead atoms. The largest absolute Gasteiger partial charge is 0.444 e. The first kappa shape index (κ1) is 29.1. The minimum atomic E-state index is -0.520. The van der Waals surface area contributed by atoms with Gasteiger partial charge in [0.15, 0.2) is 0 Å². The van der Waals surface area contributed by atoms with E-state index in [9.17, 15) is 9.59 Å². The first-order valence-electron chi connectivity index (χ1n) is 14.9. The molecule has 41 heavy (non-hydrogen) atoms. The third kappa shape index (κ3) is 7.29. The third-order valence-corrected chi connectivity index (χ3v) is 8.13. The van der Waals surface area contributed by atoms with Gasteiger partial charge in [-0.15, -0.1) is 0 Å². The molecule has 2 aromatic carbocycles. The van der Waals surface area contributed by atoms with Gasteiger partial charge in [0.1, 0.15) is 5.60 Å². The standard InChI is InChI=1S/C33H44N4O4/c1-24-7-5-10-28-29(23-37(30(24)28)16-15-35-17-19-40-20-18-35)31(38)36-13-11-26(12-14-36)27-9-6-8-25(21-27)22-34-32(39)41-33(2,3)4/h5-10,21,23,26H,11-20,22H2,1-4H3,(H,34,39). The molecule has 3 aromatic rings. The SMILES string of the molecule is Cc1cccc2c(C(=O)N3CCC(c4cccc(CNC(=O)OC(C)(C)C)c4)CC3)cn(CCN3CCOCC3)c12. The number of benzene rings is 2. The highest BCUT2D eigenvalue weighted by Crippen LogP contribution is 2.31. The molecule has 8 nitrogen and oxygen atoms in total. The number of nitrogens with zero attached hydrogens (tertiary/aromatic N) is 3. The Hall–Kier alpha value is -3.36. The number of hydrogen-bond acceptors (Lipinski definition) is 5. The normalized spacial score (nSPS) is 17.1. The van der Waals surface area contributed by atoms with Crippen LogP contribution in [0.4, 0.5) is 4.79 Å². The molecular weight excluding hydrogens is 516 g/mol. The minimum Gasteiger partial charge on any atom is -0.444 e. The first-order chi connectivity index (χ1) is 19.7. The Morgan fingerprint density at radius 2 is 1.73 bits per heavy atom. The highest BCUT2D eigenvalue weighted by molar-refractivity contribution is 6.07. The lowest BCUT2D eigenvalue weighted by molar-refractivity contribution is 0.0365. The summed E-state index contributed by atoms with van der Waals surface area (Å²) < 4.78 is 13.1. The van der Waals surface area contributed by atoms with Crippen LogP contribution in [0, 0.1) is 6.92 Å². The number of alkyl carbamates (subject to hydrolysis) is 1. The Bertz CT molecular complexity index is 1360. The van der Waals surface area contributed by atoms with Crippen LogP contribution in [0.2, 0.25) is 0 Å². The van der Waals surface area contributed by atoms with Crippen LogP contribution in [-0.2, 0) is 22.6 Å². The highest BCUT2D eigenvalue weighted by Gasteiger charge is 2.27. The molecule has 0 aliphatic carbocycles. The van der Waals surface area contributed by atoms with Crippen molar-refractivity contribution in [3.63, 3.8) is 0 Å². The van der Waals surface area contributed by atoms with E-state index in [4.69, 9.17) is 9.47 Å². The van der Waals surface area contributed by atoms with Crippen molar-refractivity contribution < 1.29 is 19.1 Å². The summed E-state index contributed by atoms with van der Waals surface area (Å²) in [5.74, 6) is 0.511. The van der Waals surface area contributed by atoms with Crippen LogP contribution in [-0.4, -0.2) is 77.9 Å². The highest BCUT2D eigenvalue weighted by atomic mass is 16.6. The molecule has 0 spiro atoms. The topological polar surface area (TPSA) is 76.0 Å². The van der Waals surface area contributed by atoms with E-state index in [2.05, 4.69) is 58.2 Å².